The van der Waals surface area contributed by atoms with Gasteiger partial charge in [0.05, 0.1) is 0 Å². The standard InChI is InChI=1S/C8H13N6O4P/c1-3(18-2-19(15,16)17)6-11-4-5(9)12-8(10)14-7(4)13-6/h3H,2H2,1H3,(H2,15,16,17)(H5,9,10,11,12,13,14). The van der Waals surface area contributed by atoms with E-state index in [4.69, 9.17) is 26.0 Å². The third-order valence-electron chi connectivity index (χ3n) is 2.29. The summed E-state index contributed by atoms with van der Waals surface area (Å²) in [5, 5.41) is 0. The van der Waals surface area contributed by atoms with Gasteiger partial charge < -0.3 is 31.0 Å². The lowest BCUT2D eigenvalue weighted by atomic mass is 10.4. The molecule has 2 heterocycles. The molecule has 2 aromatic rings. The second-order valence-electron chi connectivity index (χ2n) is 3.89. The molecule has 0 saturated carbocycles. The van der Waals surface area contributed by atoms with Crippen LogP contribution in [-0.2, 0) is 9.30 Å². The Morgan fingerprint density at radius 3 is 2.68 bits per heavy atom. The van der Waals surface area contributed by atoms with Crippen LogP contribution in [0.15, 0.2) is 0 Å². The van der Waals surface area contributed by atoms with Crippen LogP contribution in [0, 0.1) is 0 Å². The van der Waals surface area contributed by atoms with E-state index in [1.807, 2.05) is 0 Å². The molecule has 2 aromatic heterocycles. The fourth-order valence-corrected chi connectivity index (χ4v) is 1.85. The van der Waals surface area contributed by atoms with Crippen LogP contribution in [0.3, 0.4) is 0 Å². The second-order valence-corrected chi connectivity index (χ2v) is 5.48. The molecule has 0 bridgehead atoms. The van der Waals surface area contributed by atoms with Gasteiger partial charge in [-0.15, -0.1) is 0 Å². The van der Waals surface area contributed by atoms with Crippen LogP contribution in [0.5, 0.6) is 0 Å². The molecule has 7 N–H and O–H groups in total. The molecule has 0 aliphatic carbocycles. The number of aromatic amines is 1. The highest BCUT2D eigenvalue weighted by molar-refractivity contribution is 7.51. The van der Waals surface area contributed by atoms with Crippen molar-refractivity contribution in [1.29, 1.82) is 0 Å². The molecule has 0 aromatic carbocycles. The summed E-state index contributed by atoms with van der Waals surface area (Å²) in [5.74, 6) is 0.463. The van der Waals surface area contributed by atoms with Gasteiger partial charge in [-0.05, 0) is 6.92 Å². The van der Waals surface area contributed by atoms with E-state index in [1.165, 1.54) is 0 Å². The molecule has 1 unspecified atom stereocenters. The fraction of sp³-hybridized carbons (Fsp3) is 0.375. The van der Waals surface area contributed by atoms with Gasteiger partial charge in [-0.3, -0.25) is 4.57 Å². The topological polar surface area (TPSA) is 173 Å². The van der Waals surface area contributed by atoms with Crippen molar-refractivity contribution >= 4 is 30.5 Å². The summed E-state index contributed by atoms with van der Waals surface area (Å²) in [6.07, 6.45) is -1.36. The largest absolute Gasteiger partial charge is 0.382 e. The third-order valence-corrected chi connectivity index (χ3v) is 2.78. The summed E-state index contributed by atoms with van der Waals surface area (Å²) in [5.41, 5.74) is 11.8. The Morgan fingerprint density at radius 1 is 1.37 bits per heavy atom. The number of rotatable bonds is 4. The molecule has 104 valence electrons. The molecule has 0 fully saturated rings. The van der Waals surface area contributed by atoms with Crippen molar-refractivity contribution in [3.05, 3.63) is 5.82 Å². The molecule has 0 amide bonds. The van der Waals surface area contributed by atoms with Crippen LogP contribution in [0.4, 0.5) is 11.8 Å². The van der Waals surface area contributed by atoms with Crippen molar-refractivity contribution in [2.75, 3.05) is 17.8 Å². The van der Waals surface area contributed by atoms with Gasteiger partial charge in [0, 0.05) is 0 Å². The molecule has 0 radical (unpaired) electrons. The lowest BCUT2D eigenvalue weighted by molar-refractivity contribution is 0.0831. The number of H-pyrrole nitrogens is 1. The molecule has 19 heavy (non-hydrogen) atoms. The van der Waals surface area contributed by atoms with Crippen molar-refractivity contribution in [3.8, 4) is 0 Å². The average molecular weight is 288 g/mol. The van der Waals surface area contributed by atoms with E-state index in [0.29, 0.717) is 11.3 Å². The number of hydrogen-bond acceptors (Lipinski definition) is 7. The first-order chi connectivity index (χ1) is 8.76. The zero-order chi connectivity index (χ0) is 14.2. The third kappa shape index (κ3) is 3.18. The maximum atomic E-state index is 10.7. The van der Waals surface area contributed by atoms with Crippen LogP contribution in [0.1, 0.15) is 18.9 Å². The Bertz CT molecular complexity index is 652. The smallest absolute Gasteiger partial charge is 0.351 e. The molecular formula is C8H13N6O4P. The minimum absolute atomic E-state index is 0.00756. The van der Waals surface area contributed by atoms with Gasteiger partial charge in [0.2, 0.25) is 5.95 Å². The number of aromatic nitrogens is 4. The van der Waals surface area contributed by atoms with E-state index in [0.717, 1.165) is 0 Å². The zero-order valence-electron chi connectivity index (χ0n) is 9.94. The monoisotopic (exact) mass is 288 g/mol. The van der Waals surface area contributed by atoms with Gasteiger partial charge in [-0.25, -0.2) is 4.98 Å². The Kier molecular flexibility index (Phi) is 3.42. The van der Waals surface area contributed by atoms with E-state index >= 15 is 0 Å². The second kappa shape index (κ2) is 4.74. The molecule has 0 aliphatic heterocycles. The van der Waals surface area contributed by atoms with Crippen LogP contribution < -0.4 is 11.5 Å². The molecule has 10 nitrogen and oxygen atoms in total. The average Bonchev–Trinajstić information content (AvgIpc) is 2.68. The normalized spacial score (nSPS) is 13.8. The molecule has 0 spiro atoms. The summed E-state index contributed by atoms with van der Waals surface area (Å²) in [6, 6.07) is 0. The fourth-order valence-electron chi connectivity index (χ4n) is 1.43. The number of nitrogens with zero attached hydrogens (tertiary/aromatic N) is 3. The maximum absolute atomic E-state index is 10.7. The minimum atomic E-state index is -4.23. The molecule has 0 aliphatic rings. The predicted octanol–water partition coefficient (Wildman–Crippen LogP) is -0.270. The summed E-state index contributed by atoms with van der Waals surface area (Å²) in [6.45, 7) is 1.58. The molecule has 0 saturated heterocycles. The highest BCUT2D eigenvalue weighted by atomic mass is 31.2. The Balaban J connectivity index is 2.26. The van der Waals surface area contributed by atoms with Crippen LogP contribution in [-0.4, -0.2) is 36.1 Å². The number of anilines is 2. The van der Waals surface area contributed by atoms with Gasteiger partial charge in [-0.2, -0.15) is 9.97 Å². The Hall–Kier alpha value is -1.74. The number of nitrogen functional groups attached to an aromatic ring is 2. The molecule has 2 rings (SSSR count). The van der Waals surface area contributed by atoms with Crippen LogP contribution >= 0.6 is 7.60 Å². The zero-order valence-corrected chi connectivity index (χ0v) is 10.8. The lowest BCUT2D eigenvalue weighted by Gasteiger charge is -2.10. The maximum Gasteiger partial charge on any atom is 0.351 e. The Morgan fingerprint density at radius 2 is 2.05 bits per heavy atom. The highest BCUT2D eigenvalue weighted by Crippen LogP contribution is 2.36. The van der Waals surface area contributed by atoms with E-state index in [9.17, 15) is 4.57 Å². The number of nitrogens with two attached hydrogens (primary N) is 2. The SMILES string of the molecule is CC(OCP(=O)(O)O)c1nc2nc(N)nc(N)c2[nH]1. The number of ether oxygens (including phenoxy) is 1. The van der Waals surface area contributed by atoms with Crippen LogP contribution in [0.2, 0.25) is 0 Å². The van der Waals surface area contributed by atoms with E-state index in [2.05, 4.69) is 19.9 Å². The number of nitrogens with one attached hydrogen (secondary N) is 1. The quantitative estimate of drug-likeness (QED) is 0.474. The van der Waals surface area contributed by atoms with E-state index in [1.54, 1.807) is 6.92 Å². The van der Waals surface area contributed by atoms with Gasteiger partial charge >= 0.3 is 7.60 Å². The van der Waals surface area contributed by atoms with E-state index < -0.39 is 20.0 Å². The van der Waals surface area contributed by atoms with Crippen molar-refractivity contribution < 1.29 is 19.1 Å². The number of fused-ring (bicyclic) bond motifs is 1. The van der Waals surface area contributed by atoms with Crippen molar-refractivity contribution in [2.45, 2.75) is 13.0 Å². The molecular weight excluding hydrogens is 275 g/mol. The summed E-state index contributed by atoms with van der Waals surface area (Å²) in [7, 11) is -4.23. The number of imidazole rings is 1. The highest BCUT2D eigenvalue weighted by Gasteiger charge is 2.19. The minimum Gasteiger partial charge on any atom is -0.382 e. The van der Waals surface area contributed by atoms with Crippen molar-refractivity contribution in [1.82, 2.24) is 19.9 Å². The predicted molar refractivity (Wildman–Crippen MR) is 66.9 cm³/mol. The summed E-state index contributed by atoms with van der Waals surface area (Å²) < 4.78 is 15.7. The van der Waals surface area contributed by atoms with Gasteiger partial charge in [0.25, 0.3) is 0 Å². The first kappa shape index (κ1) is 13.7. The van der Waals surface area contributed by atoms with Crippen LogP contribution in [0.25, 0.3) is 11.2 Å². The summed E-state index contributed by atoms with van der Waals surface area (Å²) >= 11 is 0. The molecule has 1 atom stereocenters. The Labute approximate surface area is 107 Å². The first-order valence-corrected chi connectivity index (χ1v) is 7.01. The first-order valence-electron chi connectivity index (χ1n) is 5.21. The summed E-state index contributed by atoms with van der Waals surface area (Å²) in [4.78, 5) is 32.0. The van der Waals surface area contributed by atoms with Gasteiger partial charge in [0.1, 0.15) is 23.8 Å². The molecule has 11 heteroatoms. The van der Waals surface area contributed by atoms with E-state index in [-0.39, 0.29) is 17.4 Å². The van der Waals surface area contributed by atoms with Gasteiger partial charge in [0.15, 0.2) is 11.5 Å². The van der Waals surface area contributed by atoms with Crippen molar-refractivity contribution in [2.24, 2.45) is 0 Å². The number of hydrogen-bond donors (Lipinski definition) is 5. The van der Waals surface area contributed by atoms with Gasteiger partial charge in [-0.1, -0.05) is 0 Å². The van der Waals surface area contributed by atoms with Crippen molar-refractivity contribution in [3.63, 3.8) is 0 Å². The lowest BCUT2D eigenvalue weighted by Crippen LogP contribution is -2.04.